The molecule has 0 amide bonds. The van der Waals surface area contributed by atoms with Gasteiger partial charge in [-0.1, -0.05) is 28.9 Å². The number of hydrogen-bond acceptors (Lipinski definition) is 3. The highest BCUT2D eigenvalue weighted by molar-refractivity contribution is 6.31. The number of rotatable bonds is 4. The summed E-state index contributed by atoms with van der Waals surface area (Å²) in [6, 6.07) is 8.62. The third-order valence-corrected chi connectivity index (χ3v) is 4.14. The van der Waals surface area contributed by atoms with E-state index in [0.717, 1.165) is 5.56 Å². The van der Waals surface area contributed by atoms with Gasteiger partial charge in [-0.2, -0.15) is 0 Å². The van der Waals surface area contributed by atoms with Gasteiger partial charge in [-0.3, -0.25) is 9.09 Å². The van der Waals surface area contributed by atoms with Crippen molar-refractivity contribution in [2.45, 2.75) is 19.9 Å². The van der Waals surface area contributed by atoms with Crippen LogP contribution in [0.4, 0.5) is 8.78 Å². The van der Waals surface area contributed by atoms with Crippen molar-refractivity contribution in [3.05, 3.63) is 86.1 Å². The predicted molar refractivity (Wildman–Crippen MR) is 85.2 cm³/mol. The normalized spacial score (nSPS) is 11.0. The van der Waals surface area contributed by atoms with Gasteiger partial charge in [0.1, 0.15) is 11.6 Å². The Hall–Kier alpha value is -2.47. The fourth-order valence-electron chi connectivity index (χ4n) is 2.45. The van der Waals surface area contributed by atoms with Crippen molar-refractivity contribution in [1.82, 2.24) is 9.72 Å². The minimum Gasteiger partial charge on any atom is -0.296 e. The lowest BCUT2D eigenvalue weighted by atomic mass is 10.1. The summed E-state index contributed by atoms with van der Waals surface area (Å²) in [5, 5.41) is 3.96. The van der Waals surface area contributed by atoms with Crippen molar-refractivity contribution < 1.29 is 13.3 Å². The molecule has 0 bridgehead atoms. The van der Waals surface area contributed by atoms with Gasteiger partial charge in [-0.15, -0.1) is 0 Å². The molecule has 2 aromatic carbocycles. The SMILES string of the molecule is Cc1cc(F)ccc1Cn1c(Cc2c(F)cccc2Cl)noc1=O. The van der Waals surface area contributed by atoms with Crippen molar-refractivity contribution in [3.8, 4) is 0 Å². The van der Waals surface area contributed by atoms with Crippen molar-refractivity contribution in [3.63, 3.8) is 0 Å². The van der Waals surface area contributed by atoms with Gasteiger partial charge in [-0.25, -0.2) is 13.6 Å². The third-order valence-electron chi connectivity index (χ3n) is 3.79. The summed E-state index contributed by atoms with van der Waals surface area (Å²) in [5.41, 5.74) is 1.66. The largest absolute Gasteiger partial charge is 0.441 e. The van der Waals surface area contributed by atoms with Crippen LogP contribution >= 0.6 is 11.6 Å². The zero-order valence-electron chi connectivity index (χ0n) is 12.7. The Bertz CT molecular complexity index is 930. The average Bonchev–Trinajstić information content (AvgIpc) is 2.86. The molecular formula is C17H13ClF2N2O2. The fourth-order valence-corrected chi connectivity index (χ4v) is 2.68. The molecule has 0 atom stereocenters. The third kappa shape index (κ3) is 3.23. The van der Waals surface area contributed by atoms with Gasteiger partial charge >= 0.3 is 5.76 Å². The van der Waals surface area contributed by atoms with Crippen LogP contribution in [0, 0.1) is 18.6 Å². The van der Waals surface area contributed by atoms with Gasteiger partial charge in [0.05, 0.1) is 6.54 Å². The Morgan fingerprint density at radius 3 is 2.75 bits per heavy atom. The number of aryl methyl sites for hydroxylation is 1. The Kier molecular flexibility index (Phi) is 4.49. The molecule has 0 fully saturated rings. The molecule has 0 aliphatic heterocycles. The summed E-state index contributed by atoms with van der Waals surface area (Å²) in [4.78, 5) is 11.9. The molecule has 0 radical (unpaired) electrons. The zero-order chi connectivity index (χ0) is 17.3. The Labute approximate surface area is 141 Å². The van der Waals surface area contributed by atoms with Gasteiger partial charge in [-0.05, 0) is 42.3 Å². The second-order valence-electron chi connectivity index (χ2n) is 5.40. The minimum absolute atomic E-state index is 0.0114. The van der Waals surface area contributed by atoms with Crippen molar-refractivity contribution >= 4 is 11.6 Å². The lowest BCUT2D eigenvalue weighted by molar-refractivity contribution is 0.375. The molecule has 3 rings (SSSR count). The molecule has 0 aliphatic rings. The molecule has 4 nitrogen and oxygen atoms in total. The van der Waals surface area contributed by atoms with E-state index in [-0.39, 0.29) is 35.2 Å². The summed E-state index contributed by atoms with van der Waals surface area (Å²) in [5.74, 6) is -1.26. The van der Waals surface area contributed by atoms with Crippen molar-refractivity contribution in [1.29, 1.82) is 0 Å². The van der Waals surface area contributed by atoms with E-state index in [0.29, 0.717) is 5.56 Å². The summed E-state index contributed by atoms with van der Waals surface area (Å²) in [6.07, 6.45) is 0.0114. The maximum atomic E-state index is 13.9. The molecule has 0 N–H and O–H groups in total. The van der Waals surface area contributed by atoms with E-state index >= 15 is 0 Å². The Morgan fingerprint density at radius 1 is 1.25 bits per heavy atom. The zero-order valence-corrected chi connectivity index (χ0v) is 13.5. The van der Waals surface area contributed by atoms with E-state index in [9.17, 15) is 13.6 Å². The number of benzene rings is 2. The van der Waals surface area contributed by atoms with Gasteiger partial charge in [0.25, 0.3) is 0 Å². The van der Waals surface area contributed by atoms with Gasteiger partial charge in [0.15, 0.2) is 5.82 Å². The smallest absolute Gasteiger partial charge is 0.296 e. The first kappa shape index (κ1) is 16.4. The fraction of sp³-hybridized carbons (Fsp3) is 0.176. The van der Waals surface area contributed by atoms with E-state index in [1.807, 2.05) is 0 Å². The first-order valence-corrected chi connectivity index (χ1v) is 7.57. The lowest BCUT2D eigenvalue weighted by Crippen LogP contribution is -2.19. The van der Waals surface area contributed by atoms with Gasteiger partial charge in [0.2, 0.25) is 0 Å². The Balaban J connectivity index is 1.96. The van der Waals surface area contributed by atoms with Crippen molar-refractivity contribution in [2.24, 2.45) is 0 Å². The number of hydrogen-bond donors (Lipinski definition) is 0. The second kappa shape index (κ2) is 6.57. The van der Waals surface area contributed by atoms with Gasteiger partial charge in [0, 0.05) is 17.0 Å². The summed E-state index contributed by atoms with van der Waals surface area (Å²) in [7, 11) is 0. The highest BCUT2D eigenvalue weighted by atomic mass is 35.5. The molecule has 124 valence electrons. The predicted octanol–water partition coefficient (Wildman–Crippen LogP) is 3.72. The first-order valence-electron chi connectivity index (χ1n) is 7.19. The summed E-state index contributed by atoms with van der Waals surface area (Å²) < 4.78 is 33.1. The Morgan fingerprint density at radius 2 is 2.04 bits per heavy atom. The number of halogens is 3. The summed E-state index contributed by atoms with van der Waals surface area (Å²) >= 11 is 6.01. The van der Waals surface area contributed by atoms with E-state index in [1.54, 1.807) is 19.1 Å². The summed E-state index contributed by atoms with van der Waals surface area (Å²) in [6.45, 7) is 1.89. The van der Waals surface area contributed by atoms with Crippen molar-refractivity contribution in [2.75, 3.05) is 0 Å². The van der Waals surface area contributed by atoms with Crippen LogP contribution in [0.25, 0.3) is 0 Å². The molecule has 0 unspecified atom stereocenters. The lowest BCUT2D eigenvalue weighted by Gasteiger charge is -2.09. The highest BCUT2D eigenvalue weighted by Gasteiger charge is 2.16. The van der Waals surface area contributed by atoms with Crippen LogP contribution in [0.3, 0.4) is 0 Å². The molecule has 7 heteroatoms. The maximum Gasteiger partial charge on any atom is 0.441 e. The molecule has 0 saturated carbocycles. The quantitative estimate of drug-likeness (QED) is 0.720. The van der Waals surface area contributed by atoms with E-state index in [2.05, 4.69) is 5.16 Å². The van der Waals surface area contributed by atoms with E-state index in [1.165, 1.54) is 28.8 Å². The molecule has 1 aromatic heterocycles. The highest BCUT2D eigenvalue weighted by Crippen LogP contribution is 2.22. The molecule has 0 aliphatic carbocycles. The molecule has 0 saturated heterocycles. The molecule has 3 aromatic rings. The monoisotopic (exact) mass is 350 g/mol. The molecule has 0 spiro atoms. The number of aromatic nitrogens is 2. The topological polar surface area (TPSA) is 48.0 Å². The van der Waals surface area contributed by atoms with Crippen LogP contribution in [0.1, 0.15) is 22.5 Å². The van der Waals surface area contributed by atoms with Gasteiger partial charge < -0.3 is 0 Å². The number of nitrogens with zero attached hydrogens (tertiary/aromatic N) is 2. The molecule has 1 heterocycles. The van der Waals surface area contributed by atoms with Crippen LogP contribution in [0.5, 0.6) is 0 Å². The van der Waals surface area contributed by atoms with Crippen LogP contribution < -0.4 is 5.76 Å². The van der Waals surface area contributed by atoms with E-state index < -0.39 is 11.6 Å². The van der Waals surface area contributed by atoms with Crippen LogP contribution in [0.15, 0.2) is 45.7 Å². The standard InChI is InChI=1S/C17H13ClF2N2O2/c1-10-7-12(19)6-5-11(10)9-22-16(21-24-17(22)23)8-13-14(18)3-2-4-15(13)20/h2-7H,8-9H2,1H3. The first-order chi connectivity index (χ1) is 11.5. The molecular weight excluding hydrogens is 338 g/mol. The average molecular weight is 351 g/mol. The van der Waals surface area contributed by atoms with Crippen LogP contribution in [-0.2, 0) is 13.0 Å². The molecule has 24 heavy (non-hydrogen) atoms. The minimum atomic E-state index is -0.666. The van der Waals surface area contributed by atoms with Crippen LogP contribution in [0.2, 0.25) is 5.02 Å². The maximum absolute atomic E-state index is 13.9. The van der Waals surface area contributed by atoms with E-state index in [4.69, 9.17) is 16.1 Å². The second-order valence-corrected chi connectivity index (χ2v) is 5.81. The van der Waals surface area contributed by atoms with Crippen LogP contribution in [-0.4, -0.2) is 9.72 Å².